The largest absolute Gasteiger partial charge is 0.461 e. The van der Waals surface area contributed by atoms with Gasteiger partial charge >= 0.3 is 0 Å². The molecule has 0 saturated heterocycles. The number of hydrogen-bond donors (Lipinski definition) is 1. The Hall–Kier alpha value is -3.51. The van der Waals surface area contributed by atoms with Crippen molar-refractivity contribution in [2.24, 2.45) is 4.99 Å². The van der Waals surface area contributed by atoms with Crippen molar-refractivity contribution < 1.29 is 14.0 Å². The second-order valence-corrected chi connectivity index (χ2v) is 8.24. The number of hydrogen-bond acceptors (Lipinski definition) is 5. The first-order chi connectivity index (χ1) is 14.7. The predicted octanol–water partition coefficient (Wildman–Crippen LogP) is 5.70. The summed E-state index contributed by atoms with van der Waals surface area (Å²) in [6.07, 6.45) is 3.51. The van der Waals surface area contributed by atoms with Crippen LogP contribution in [0, 0.1) is 0 Å². The van der Waals surface area contributed by atoms with Gasteiger partial charge in [-0.3, -0.25) is 14.6 Å². The van der Waals surface area contributed by atoms with E-state index in [2.05, 4.69) is 28.5 Å². The van der Waals surface area contributed by atoms with E-state index in [-0.39, 0.29) is 30.3 Å². The zero-order valence-electron chi connectivity index (χ0n) is 16.1. The van der Waals surface area contributed by atoms with Crippen LogP contribution < -0.4 is 5.32 Å². The van der Waals surface area contributed by atoms with Crippen molar-refractivity contribution in [2.45, 2.75) is 19.4 Å². The zero-order valence-corrected chi connectivity index (χ0v) is 16.9. The minimum atomic E-state index is -0.202. The highest BCUT2D eigenvalue weighted by Gasteiger charge is 2.18. The first-order valence-corrected chi connectivity index (χ1v) is 10.5. The summed E-state index contributed by atoms with van der Waals surface area (Å²) < 4.78 is 6.32. The van der Waals surface area contributed by atoms with Gasteiger partial charge in [-0.15, -0.1) is 11.3 Å². The maximum Gasteiger partial charge on any atom is 0.224 e. The number of benzene rings is 2. The summed E-state index contributed by atoms with van der Waals surface area (Å²) in [7, 11) is 0. The lowest BCUT2D eigenvalue weighted by Gasteiger charge is -2.11. The summed E-state index contributed by atoms with van der Waals surface area (Å²) in [6.45, 7) is 0.644. The van der Waals surface area contributed by atoms with Crippen molar-refractivity contribution >= 4 is 45.0 Å². The number of carbonyl (C=O) groups excluding carboxylic acids is 2. The fraction of sp³-hybridized carbons (Fsp3) is 0.125. The van der Waals surface area contributed by atoms with Crippen LogP contribution in [0.4, 0.5) is 5.69 Å². The molecular formula is C24H18N2O3S. The van der Waals surface area contributed by atoms with E-state index in [1.807, 2.05) is 30.5 Å². The minimum absolute atomic E-state index is 0.100. The third-order valence-electron chi connectivity index (χ3n) is 5.11. The van der Waals surface area contributed by atoms with Crippen LogP contribution in [-0.4, -0.2) is 17.9 Å². The molecule has 3 heterocycles. The number of rotatable bonds is 6. The molecule has 6 heteroatoms. The van der Waals surface area contributed by atoms with Gasteiger partial charge in [-0.25, -0.2) is 0 Å². The van der Waals surface area contributed by atoms with Crippen LogP contribution in [-0.2, 0) is 11.3 Å². The van der Waals surface area contributed by atoms with Crippen LogP contribution >= 0.6 is 11.3 Å². The molecule has 0 fully saturated rings. The minimum Gasteiger partial charge on any atom is -0.461 e. The number of ketones is 1. The molecule has 148 valence electrons. The highest BCUT2D eigenvalue weighted by Crippen LogP contribution is 2.39. The number of nitrogens with one attached hydrogen (secondary N) is 1. The standard InChI is InChI=1S/C24H18N2O3S/c27-20(21-5-3-9-29-21)7-8-24(28)26-17-10-16-13-25-14-19(16)18(12-17)23-11-15-4-1-2-6-22(15)30-23/h1-6,9-13H,7-8,14H2,(H,26,28). The van der Waals surface area contributed by atoms with E-state index >= 15 is 0 Å². The fourth-order valence-electron chi connectivity index (χ4n) is 3.64. The third-order valence-corrected chi connectivity index (χ3v) is 6.26. The summed E-state index contributed by atoms with van der Waals surface area (Å²) in [5, 5.41) is 4.14. The molecule has 0 spiro atoms. The second-order valence-electron chi connectivity index (χ2n) is 7.16. The SMILES string of the molecule is O=C(CCC(=O)c1ccco1)Nc1cc2c(c(-c3cc4ccccc4s3)c1)CN=C2. The van der Waals surface area contributed by atoms with Crippen molar-refractivity contribution in [2.75, 3.05) is 5.32 Å². The molecule has 0 saturated carbocycles. The van der Waals surface area contributed by atoms with E-state index in [9.17, 15) is 9.59 Å². The maximum absolute atomic E-state index is 12.5. The number of fused-ring (bicyclic) bond motifs is 2. The van der Waals surface area contributed by atoms with Crippen LogP contribution in [0.2, 0.25) is 0 Å². The van der Waals surface area contributed by atoms with Gasteiger partial charge in [0.05, 0.1) is 12.8 Å². The van der Waals surface area contributed by atoms with Gasteiger partial charge in [-0.1, -0.05) is 18.2 Å². The molecule has 30 heavy (non-hydrogen) atoms. The molecule has 0 radical (unpaired) electrons. The number of carbonyl (C=O) groups is 2. The van der Waals surface area contributed by atoms with Gasteiger partial charge < -0.3 is 9.73 Å². The number of furan rings is 1. The summed E-state index contributed by atoms with van der Waals surface area (Å²) in [5.74, 6) is -0.0992. The summed E-state index contributed by atoms with van der Waals surface area (Å²) >= 11 is 1.73. The van der Waals surface area contributed by atoms with Crippen molar-refractivity contribution in [1.82, 2.24) is 0 Å². The molecule has 5 rings (SSSR count). The molecule has 1 amide bonds. The Morgan fingerprint density at radius 1 is 1.07 bits per heavy atom. The van der Waals surface area contributed by atoms with Gasteiger partial charge in [-0.2, -0.15) is 0 Å². The van der Waals surface area contributed by atoms with Crippen LogP contribution in [0.25, 0.3) is 20.5 Å². The van der Waals surface area contributed by atoms with Gasteiger partial charge in [-0.05, 0) is 52.9 Å². The van der Waals surface area contributed by atoms with E-state index in [1.54, 1.807) is 23.5 Å². The number of thiophene rings is 1. The zero-order chi connectivity index (χ0) is 20.5. The quantitative estimate of drug-likeness (QED) is 0.412. The van der Waals surface area contributed by atoms with Crippen LogP contribution in [0.1, 0.15) is 34.5 Å². The first kappa shape index (κ1) is 18.5. The van der Waals surface area contributed by atoms with E-state index < -0.39 is 0 Å². The Morgan fingerprint density at radius 2 is 1.97 bits per heavy atom. The molecule has 1 N–H and O–H groups in total. The Kier molecular flexibility index (Phi) is 4.77. The van der Waals surface area contributed by atoms with E-state index in [0.717, 1.165) is 16.0 Å². The molecule has 1 aliphatic rings. The molecule has 0 unspecified atom stereocenters. The molecule has 2 aromatic carbocycles. The molecule has 5 nitrogen and oxygen atoms in total. The third kappa shape index (κ3) is 3.57. The summed E-state index contributed by atoms with van der Waals surface area (Å²) in [4.78, 5) is 30.1. The van der Waals surface area contributed by atoms with E-state index in [4.69, 9.17) is 4.42 Å². The van der Waals surface area contributed by atoms with Crippen molar-refractivity contribution in [1.29, 1.82) is 0 Å². The molecule has 2 aromatic heterocycles. The number of Topliss-reactive ketones (excluding diaryl/α,β-unsaturated/α-hetero) is 1. The smallest absolute Gasteiger partial charge is 0.224 e. The molecular weight excluding hydrogens is 396 g/mol. The topological polar surface area (TPSA) is 71.7 Å². The lowest BCUT2D eigenvalue weighted by atomic mass is 10.00. The highest BCUT2D eigenvalue weighted by atomic mass is 32.1. The highest BCUT2D eigenvalue weighted by molar-refractivity contribution is 7.22. The Labute approximate surface area is 177 Å². The number of anilines is 1. The molecule has 0 aliphatic carbocycles. The van der Waals surface area contributed by atoms with E-state index in [0.29, 0.717) is 12.2 Å². The van der Waals surface area contributed by atoms with Crippen LogP contribution in [0.15, 0.2) is 70.3 Å². The number of aliphatic imine (C=N–C) groups is 1. The van der Waals surface area contributed by atoms with Crippen molar-refractivity contribution in [3.8, 4) is 10.4 Å². The summed E-state index contributed by atoms with van der Waals surface area (Å²) in [6, 6.07) is 17.7. The predicted molar refractivity (Wildman–Crippen MR) is 119 cm³/mol. The Bertz CT molecular complexity index is 1250. The number of amides is 1. The number of nitrogens with zero attached hydrogens (tertiary/aromatic N) is 1. The van der Waals surface area contributed by atoms with Gasteiger partial charge in [0.25, 0.3) is 0 Å². The van der Waals surface area contributed by atoms with Gasteiger partial charge in [0.15, 0.2) is 11.5 Å². The molecule has 4 aromatic rings. The van der Waals surface area contributed by atoms with Crippen molar-refractivity contribution in [3.05, 3.63) is 77.7 Å². The molecule has 1 aliphatic heterocycles. The lowest BCUT2D eigenvalue weighted by Crippen LogP contribution is -2.13. The molecule has 0 bridgehead atoms. The Balaban J connectivity index is 1.38. The first-order valence-electron chi connectivity index (χ1n) is 9.69. The van der Waals surface area contributed by atoms with Crippen LogP contribution in [0.3, 0.4) is 0 Å². The monoisotopic (exact) mass is 414 g/mol. The van der Waals surface area contributed by atoms with Gasteiger partial charge in [0.2, 0.25) is 5.91 Å². The average Bonchev–Trinajstić information content (AvgIpc) is 3.51. The van der Waals surface area contributed by atoms with Gasteiger partial charge in [0, 0.05) is 39.9 Å². The van der Waals surface area contributed by atoms with Crippen molar-refractivity contribution in [3.63, 3.8) is 0 Å². The Morgan fingerprint density at radius 3 is 2.80 bits per heavy atom. The lowest BCUT2D eigenvalue weighted by molar-refractivity contribution is -0.116. The van der Waals surface area contributed by atoms with Gasteiger partial charge in [0.1, 0.15) is 0 Å². The molecule has 0 atom stereocenters. The normalized spacial score (nSPS) is 12.3. The van der Waals surface area contributed by atoms with Crippen LogP contribution in [0.5, 0.6) is 0 Å². The fourth-order valence-corrected chi connectivity index (χ4v) is 4.75. The summed E-state index contributed by atoms with van der Waals surface area (Å²) in [5.41, 5.74) is 4.00. The average molecular weight is 414 g/mol. The van der Waals surface area contributed by atoms with E-state index in [1.165, 1.54) is 21.9 Å². The second kappa shape index (κ2) is 7.72. The maximum atomic E-state index is 12.5.